The Bertz CT molecular complexity index is 552. The summed E-state index contributed by atoms with van der Waals surface area (Å²) in [5.41, 5.74) is 0.788. The maximum atomic E-state index is 9.19. The van der Waals surface area contributed by atoms with E-state index in [0.717, 1.165) is 11.3 Å². The zero-order chi connectivity index (χ0) is 13.8. The van der Waals surface area contributed by atoms with Gasteiger partial charge in [0.25, 0.3) is 0 Å². The third-order valence-corrected chi connectivity index (χ3v) is 3.27. The molecule has 0 bridgehead atoms. The van der Waals surface area contributed by atoms with Crippen LogP contribution in [0.3, 0.4) is 0 Å². The maximum absolute atomic E-state index is 9.19. The summed E-state index contributed by atoms with van der Waals surface area (Å²) in [5.74, 6) is 1.54. The molecule has 19 heavy (non-hydrogen) atoms. The molecule has 1 atom stereocenters. The highest BCUT2D eigenvalue weighted by atomic mass is 35.5. The van der Waals surface area contributed by atoms with E-state index in [4.69, 9.17) is 27.6 Å². The van der Waals surface area contributed by atoms with Gasteiger partial charge in [-0.15, -0.1) is 0 Å². The second-order valence-electron chi connectivity index (χ2n) is 4.47. The fourth-order valence-electron chi connectivity index (χ4n) is 1.79. The first-order valence-corrected chi connectivity index (χ1v) is 6.85. The van der Waals surface area contributed by atoms with Gasteiger partial charge in [0.15, 0.2) is 5.76 Å². The third-order valence-electron chi connectivity index (χ3n) is 2.71. The van der Waals surface area contributed by atoms with Crippen LogP contribution in [0.5, 0.6) is 0 Å². The van der Waals surface area contributed by atoms with Crippen LogP contribution in [0, 0.1) is 0 Å². The molecular weight excluding hydrogens is 285 g/mol. The molecule has 0 fully saturated rings. The Morgan fingerprint density at radius 2 is 2.05 bits per heavy atom. The molecule has 5 heteroatoms. The molecule has 0 saturated carbocycles. The standard InChI is InChI=1S/C14H15Cl2NO2/c1-9(18)7-17-8-11-3-5-14(19-11)12-6-10(15)2-4-13(12)16/h2-6,9,17-18H,7-8H2,1H3/p+1/t9-/m0/s1. The number of aliphatic hydroxyl groups is 1. The Morgan fingerprint density at radius 1 is 1.26 bits per heavy atom. The number of benzene rings is 1. The summed E-state index contributed by atoms with van der Waals surface area (Å²) in [6, 6.07) is 9.06. The fourth-order valence-corrected chi connectivity index (χ4v) is 2.17. The lowest BCUT2D eigenvalue weighted by Gasteiger charge is -2.03. The number of aliphatic hydroxyl groups excluding tert-OH is 1. The molecule has 2 aromatic rings. The van der Waals surface area contributed by atoms with E-state index in [1.54, 1.807) is 25.1 Å². The average molecular weight is 301 g/mol. The van der Waals surface area contributed by atoms with Crippen LogP contribution in [0.1, 0.15) is 12.7 Å². The fraction of sp³-hybridized carbons (Fsp3) is 0.286. The van der Waals surface area contributed by atoms with Crippen molar-refractivity contribution in [2.75, 3.05) is 6.54 Å². The number of furan rings is 1. The van der Waals surface area contributed by atoms with Crippen molar-refractivity contribution >= 4 is 23.2 Å². The van der Waals surface area contributed by atoms with Gasteiger partial charge in [-0.25, -0.2) is 0 Å². The van der Waals surface area contributed by atoms with Gasteiger partial charge in [0.05, 0.1) is 11.1 Å². The highest BCUT2D eigenvalue weighted by Gasteiger charge is 2.10. The maximum Gasteiger partial charge on any atom is 0.158 e. The first-order chi connectivity index (χ1) is 9.06. The van der Waals surface area contributed by atoms with E-state index < -0.39 is 0 Å². The van der Waals surface area contributed by atoms with Gasteiger partial charge in [0.2, 0.25) is 0 Å². The van der Waals surface area contributed by atoms with Gasteiger partial charge >= 0.3 is 0 Å². The summed E-state index contributed by atoms with van der Waals surface area (Å²) < 4.78 is 5.73. The Labute approximate surface area is 122 Å². The van der Waals surface area contributed by atoms with Crippen molar-refractivity contribution in [2.24, 2.45) is 0 Å². The molecule has 0 aliphatic carbocycles. The number of halogens is 2. The second-order valence-corrected chi connectivity index (χ2v) is 5.31. The van der Waals surface area contributed by atoms with Crippen molar-refractivity contribution in [1.29, 1.82) is 0 Å². The zero-order valence-electron chi connectivity index (χ0n) is 10.6. The molecule has 0 unspecified atom stereocenters. The zero-order valence-corrected chi connectivity index (χ0v) is 12.1. The highest BCUT2D eigenvalue weighted by Crippen LogP contribution is 2.31. The Balaban J connectivity index is 2.10. The Hall–Kier alpha value is -1.00. The smallest absolute Gasteiger partial charge is 0.158 e. The molecule has 0 aliphatic heterocycles. The van der Waals surface area contributed by atoms with E-state index in [1.165, 1.54) is 0 Å². The van der Waals surface area contributed by atoms with Crippen LogP contribution in [0.2, 0.25) is 10.0 Å². The van der Waals surface area contributed by atoms with Crippen LogP contribution >= 0.6 is 23.2 Å². The quantitative estimate of drug-likeness (QED) is 0.892. The van der Waals surface area contributed by atoms with Crippen molar-refractivity contribution < 1.29 is 14.8 Å². The molecule has 1 heterocycles. The van der Waals surface area contributed by atoms with E-state index in [0.29, 0.717) is 28.9 Å². The summed E-state index contributed by atoms with van der Waals surface area (Å²) in [4.78, 5) is 0. The van der Waals surface area contributed by atoms with Crippen LogP contribution in [-0.2, 0) is 6.54 Å². The minimum absolute atomic E-state index is 0.322. The Morgan fingerprint density at radius 3 is 2.79 bits per heavy atom. The van der Waals surface area contributed by atoms with Gasteiger partial charge in [0, 0.05) is 10.6 Å². The van der Waals surface area contributed by atoms with Crippen molar-refractivity contribution in [2.45, 2.75) is 19.6 Å². The van der Waals surface area contributed by atoms with Gasteiger partial charge in [-0.05, 0) is 37.3 Å². The van der Waals surface area contributed by atoms with Gasteiger partial charge in [0.1, 0.15) is 18.8 Å². The molecule has 0 aliphatic rings. The predicted molar refractivity (Wildman–Crippen MR) is 76.3 cm³/mol. The highest BCUT2D eigenvalue weighted by molar-refractivity contribution is 6.35. The van der Waals surface area contributed by atoms with E-state index in [-0.39, 0.29) is 6.10 Å². The molecule has 102 valence electrons. The molecule has 0 saturated heterocycles. The summed E-state index contributed by atoms with van der Waals surface area (Å²) >= 11 is 12.1. The number of hydrogen-bond acceptors (Lipinski definition) is 2. The average Bonchev–Trinajstić information content (AvgIpc) is 2.80. The van der Waals surface area contributed by atoms with Crippen LogP contribution in [0.25, 0.3) is 11.3 Å². The molecule has 0 spiro atoms. The van der Waals surface area contributed by atoms with Crippen molar-refractivity contribution in [3.63, 3.8) is 0 Å². The van der Waals surface area contributed by atoms with E-state index >= 15 is 0 Å². The number of hydrogen-bond donors (Lipinski definition) is 2. The summed E-state index contributed by atoms with van der Waals surface area (Å²) in [6.45, 7) is 3.09. The predicted octanol–water partition coefficient (Wildman–Crippen LogP) is 2.70. The van der Waals surface area contributed by atoms with Gasteiger partial charge in [-0.2, -0.15) is 0 Å². The van der Waals surface area contributed by atoms with E-state index in [1.807, 2.05) is 17.4 Å². The topological polar surface area (TPSA) is 50.0 Å². The van der Waals surface area contributed by atoms with Crippen molar-refractivity contribution in [3.05, 3.63) is 46.1 Å². The molecule has 3 N–H and O–H groups in total. The lowest BCUT2D eigenvalue weighted by Crippen LogP contribution is -2.84. The molecule has 1 aromatic heterocycles. The number of quaternary nitrogens is 1. The number of nitrogens with two attached hydrogens (primary N) is 1. The van der Waals surface area contributed by atoms with Crippen LogP contribution in [0.4, 0.5) is 0 Å². The molecular formula is C14H16Cl2NO2+. The third kappa shape index (κ3) is 3.98. The largest absolute Gasteiger partial charge is 0.455 e. The molecule has 2 rings (SSSR count). The van der Waals surface area contributed by atoms with E-state index in [2.05, 4.69) is 0 Å². The molecule has 0 amide bonds. The van der Waals surface area contributed by atoms with Crippen LogP contribution < -0.4 is 5.32 Å². The summed E-state index contributed by atoms with van der Waals surface area (Å²) in [7, 11) is 0. The normalized spacial score (nSPS) is 12.6. The first kappa shape index (κ1) is 14.4. The monoisotopic (exact) mass is 300 g/mol. The molecule has 3 nitrogen and oxygen atoms in total. The van der Waals surface area contributed by atoms with E-state index in [9.17, 15) is 5.11 Å². The second kappa shape index (κ2) is 6.44. The lowest BCUT2D eigenvalue weighted by atomic mass is 10.2. The summed E-state index contributed by atoms with van der Waals surface area (Å²) in [5, 5.41) is 12.4. The Kier molecular flexibility index (Phi) is 4.88. The summed E-state index contributed by atoms with van der Waals surface area (Å²) in [6.07, 6.45) is -0.322. The van der Waals surface area contributed by atoms with Crippen LogP contribution in [-0.4, -0.2) is 17.8 Å². The lowest BCUT2D eigenvalue weighted by molar-refractivity contribution is -0.677. The van der Waals surface area contributed by atoms with Gasteiger partial charge in [-0.1, -0.05) is 23.2 Å². The first-order valence-electron chi connectivity index (χ1n) is 6.10. The van der Waals surface area contributed by atoms with Crippen LogP contribution in [0.15, 0.2) is 34.7 Å². The van der Waals surface area contributed by atoms with Crippen molar-refractivity contribution in [1.82, 2.24) is 0 Å². The van der Waals surface area contributed by atoms with Gasteiger partial charge in [-0.3, -0.25) is 0 Å². The number of rotatable bonds is 5. The SMILES string of the molecule is C[C@H](O)C[NH2+]Cc1ccc(-c2cc(Cl)ccc2Cl)o1. The minimum Gasteiger partial charge on any atom is -0.455 e. The molecule has 0 radical (unpaired) electrons. The minimum atomic E-state index is -0.322. The van der Waals surface area contributed by atoms with Crippen molar-refractivity contribution in [3.8, 4) is 11.3 Å². The van der Waals surface area contributed by atoms with Gasteiger partial charge < -0.3 is 14.8 Å². The molecule has 1 aromatic carbocycles.